The summed E-state index contributed by atoms with van der Waals surface area (Å²) < 4.78 is 0. The Morgan fingerprint density at radius 3 is 2.67 bits per heavy atom. The van der Waals surface area contributed by atoms with Crippen molar-refractivity contribution in [3.63, 3.8) is 0 Å². The maximum absolute atomic E-state index is 12.2. The van der Waals surface area contributed by atoms with Crippen molar-refractivity contribution >= 4 is 23.2 Å². The van der Waals surface area contributed by atoms with E-state index < -0.39 is 5.41 Å². The van der Waals surface area contributed by atoms with Crippen molar-refractivity contribution in [2.75, 3.05) is 5.32 Å². The Kier molecular flexibility index (Phi) is 3.58. The average molecular weight is 263 g/mol. The third kappa shape index (κ3) is 2.34. The molecule has 0 heterocycles. The number of aryl methyl sites for hydroxylation is 1. The number of rotatable bonds is 2. The Labute approximate surface area is 112 Å². The normalized spacial score (nSPS) is 17.2. The zero-order valence-corrected chi connectivity index (χ0v) is 11.0. The summed E-state index contributed by atoms with van der Waals surface area (Å²) in [5.41, 5.74) is 0.747. The maximum Gasteiger partial charge on any atom is 0.244 e. The zero-order chi connectivity index (χ0) is 13.2. The van der Waals surface area contributed by atoms with Gasteiger partial charge in [0.15, 0.2) is 0 Å². The maximum atomic E-state index is 12.2. The quantitative estimate of drug-likeness (QED) is 0.884. The van der Waals surface area contributed by atoms with Crippen molar-refractivity contribution in [2.45, 2.75) is 32.6 Å². The SMILES string of the molecule is Cc1ccc(NC(=O)C2(C#N)CCCC2)c(Cl)c1. The van der Waals surface area contributed by atoms with Gasteiger partial charge in [-0.25, -0.2) is 0 Å². The molecule has 0 aromatic heterocycles. The molecule has 1 aromatic rings. The standard InChI is InChI=1S/C14H15ClN2O/c1-10-4-5-12(11(15)8-10)17-13(18)14(9-16)6-2-3-7-14/h4-5,8H,2-3,6-7H2,1H3,(H,17,18). The van der Waals surface area contributed by atoms with Crippen LogP contribution in [0.1, 0.15) is 31.2 Å². The minimum Gasteiger partial charge on any atom is -0.323 e. The van der Waals surface area contributed by atoms with Crippen LogP contribution in [-0.4, -0.2) is 5.91 Å². The lowest BCUT2D eigenvalue weighted by atomic mass is 9.87. The molecule has 1 aliphatic carbocycles. The molecule has 1 fully saturated rings. The minimum absolute atomic E-state index is 0.228. The van der Waals surface area contributed by atoms with Crippen LogP contribution < -0.4 is 5.32 Å². The molecule has 0 bridgehead atoms. The van der Waals surface area contributed by atoms with Crippen molar-refractivity contribution in [1.29, 1.82) is 5.26 Å². The molecule has 18 heavy (non-hydrogen) atoms. The van der Waals surface area contributed by atoms with Crippen LogP contribution in [0.5, 0.6) is 0 Å². The Balaban J connectivity index is 2.19. The van der Waals surface area contributed by atoms with E-state index >= 15 is 0 Å². The topological polar surface area (TPSA) is 52.9 Å². The highest BCUT2D eigenvalue weighted by atomic mass is 35.5. The summed E-state index contributed by atoms with van der Waals surface area (Å²) in [6, 6.07) is 7.63. The number of amides is 1. The van der Waals surface area contributed by atoms with Crippen LogP contribution in [0.25, 0.3) is 0 Å². The zero-order valence-electron chi connectivity index (χ0n) is 10.3. The highest BCUT2D eigenvalue weighted by Crippen LogP contribution is 2.39. The van der Waals surface area contributed by atoms with Gasteiger partial charge in [0, 0.05) is 0 Å². The summed E-state index contributed by atoms with van der Waals surface area (Å²) in [6.45, 7) is 1.94. The molecule has 0 unspecified atom stereocenters. The molecule has 0 atom stereocenters. The number of hydrogen-bond donors (Lipinski definition) is 1. The van der Waals surface area contributed by atoms with Gasteiger partial charge in [0.2, 0.25) is 5.91 Å². The average Bonchev–Trinajstić information content (AvgIpc) is 2.82. The van der Waals surface area contributed by atoms with Crippen LogP contribution in [0.3, 0.4) is 0 Å². The number of halogens is 1. The van der Waals surface area contributed by atoms with Crippen molar-refractivity contribution in [3.8, 4) is 6.07 Å². The summed E-state index contributed by atoms with van der Waals surface area (Å²) in [4.78, 5) is 12.2. The summed E-state index contributed by atoms with van der Waals surface area (Å²) in [5.74, 6) is -0.228. The Morgan fingerprint density at radius 2 is 2.11 bits per heavy atom. The van der Waals surface area contributed by atoms with E-state index in [9.17, 15) is 10.1 Å². The lowest BCUT2D eigenvalue weighted by Gasteiger charge is -2.19. The molecule has 0 spiro atoms. The molecule has 1 saturated carbocycles. The van der Waals surface area contributed by atoms with Crippen LogP contribution >= 0.6 is 11.6 Å². The molecule has 0 saturated heterocycles. The number of carbonyl (C=O) groups is 1. The van der Waals surface area contributed by atoms with E-state index in [1.165, 1.54) is 0 Å². The summed E-state index contributed by atoms with van der Waals surface area (Å²) in [7, 11) is 0. The van der Waals surface area contributed by atoms with E-state index in [-0.39, 0.29) is 5.91 Å². The molecule has 0 radical (unpaired) electrons. The van der Waals surface area contributed by atoms with Crippen LogP contribution in [0.2, 0.25) is 5.02 Å². The fourth-order valence-corrected chi connectivity index (χ4v) is 2.61. The van der Waals surface area contributed by atoms with Crippen LogP contribution in [0, 0.1) is 23.7 Å². The van der Waals surface area contributed by atoms with Crippen molar-refractivity contribution < 1.29 is 4.79 Å². The number of benzene rings is 1. The number of anilines is 1. The lowest BCUT2D eigenvalue weighted by Crippen LogP contribution is -2.32. The molecular formula is C14H15ClN2O. The molecule has 3 nitrogen and oxygen atoms in total. The van der Waals surface area contributed by atoms with Gasteiger partial charge < -0.3 is 5.32 Å². The number of nitriles is 1. The van der Waals surface area contributed by atoms with Gasteiger partial charge in [-0.1, -0.05) is 30.5 Å². The third-order valence-corrected chi connectivity index (χ3v) is 3.79. The molecule has 1 amide bonds. The summed E-state index contributed by atoms with van der Waals surface area (Å²) >= 11 is 6.07. The molecule has 1 aliphatic rings. The Bertz CT molecular complexity index is 513. The van der Waals surface area contributed by atoms with E-state index in [1.807, 2.05) is 13.0 Å². The third-order valence-electron chi connectivity index (χ3n) is 3.48. The fourth-order valence-electron chi connectivity index (χ4n) is 2.33. The van der Waals surface area contributed by atoms with Crippen LogP contribution in [0.4, 0.5) is 5.69 Å². The highest BCUT2D eigenvalue weighted by Gasteiger charge is 2.41. The van der Waals surface area contributed by atoms with Crippen LogP contribution in [-0.2, 0) is 4.79 Å². The van der Waals surface area contributed by atoms with Gasteiger partial charge in [-0.05, 0) is 37.5 Å². The van der Waals surface area contributed by atoms with Crippen molar-refractivity contribution in [1.82, 2.24) is 0 Å². The molecular weight excluding hydrogens is 248 g/mol. The van der Waals surface area contributed by atoms with E-state index in [4.69, 9.17) is 11.6 Å². The monoisotopic (exact) mass is 262 g/mol. The number of carbonyl (C=O) groups excluding carboxylic acids is 1. The Hall–Kier alpha value is -1.53. The Morgan fingerprint density at radius 1 is 1.44 bits per heavy atom. The van der Waals surface area contributed by atoms with Gasteiger partial charge in [0.05, 0.1) is 16.8 Å². The van der Waals surface area contributed by atoms with Gasteiger partial charge in [-0.3, -0.25) is 4.79 Å². The van der Waals surface area contributed by atoms with Gasteiger partial charge in [0.25, 0.3) is 0 Å². The molecule has 2 rings (SSSR count). The first-order valence-corrected chi connectivity index (χ1v) is 6.44. The van der Waals surface area contributed by atoms with Gasteiger partial charge in [0.1, 0.15) is 5.41 Å². The fraction of sp³-hybridized carbons (Fsp3) is 0.429. The van der Waals surface area contributed by atoms with E-state index in [0.717, 1.165) is 18.4 Å². The van der Waals surface area contributed by atoms with E-state index in [2.05, 4.69) is 11.4 Å². The summed E-state index contributed by atoms with van der Waals surface area (Å²) in [6.07, 6.45) is 3.14. The van der Waals surface area contributed by atoms with Gasteiger partial charge in [-0.2, -0.15) is 5.26 Å². The second kappa shape index (κ2) is 4.99. The van der Waals surface area contributed by atoms with Crippen molar-refractivity contribution in [2.24, 2.45) is 5.41 Å². The first-order valence-electron chi connectivity index (χ1n) is 6.06. The predicted molar refractivity (Wildman–Crippen MR) is 71.3 cm³/mol. The van der Waals surface area contributed by atoms with Gasteiger partial charge >= 0.3 is 0 Å². The number of nitrogens with one attached hydrogen (secondary N) is 1. The number of hydrogen-bond acceptors (Lipinski definition) is 2. The molecule has 94 valence electrons. The van der Waals surface area contributed by atoms with Crippen molar-refractivity contribution in [3.05, 3.63) is 28.8 Å². The minimum atomic E-state index is -0.867. The smallest absolute Gasteiger partial charge is 0.244 e. The number of nitrogens with zero attached hydrogens (tertiary/aromatic N) is 1. The van der Waals surface area contributed by atoms with Gasteiger partial charge in [-0.15, -0.1) is 0 Å². The van der Waals surface area contributed by atoms with E-state index in [0.29, 0.717) is 23.6 Å². The molecule has 1 aromatic carbocycles. The first kappa shape index (κ1) is 12.9. The molecule has 1 N–H and O–H groups in total. The first-order chi connectivity index (χ1) is 8.57. The molecule has 0 aliphatic heterocycles. The second-order valence-corrected chi connectivity index (χ2v) is 5.25. The second-order valence-electron chi connectivity index (χ2n) is 4.84. The summed E-state index contributed by atoms with van der Waals surface area (Å²) in [5, 5.41) is 12.5. The highest BCUT2D eigenvalue weighted by molar-refractivity contribution is 6.33. The van der Waals surface area contributed by atoms with Crippen LogP contribution in [0.15, 0.2) is 18.2 Å². The largest absolute Gasteiger partial charge is 0.323 e. The predicted octanol–water partition coefficient (Wildman–Crippen LogP) is 3.67. The van der Waals surface area contributed by atoms with E-state index in [1.54, 1.807) is 12.1 Å². The molecule has 4 heteroatoms. The lowest BCUT2D eigenvalue weighted by molar-refractivity contribution is -0.122.